The van der Waals surface area contributed by atoms with Crippen LogP contribution in [0.1, 0.15) is 18.1 Å². The molecule has 0 aliphatic carbocycles. The van der Waals surface area contributed by atoms with Crippen LogP contribution < -0.4 is 25.0 Å². The number of amides is 2. The van der Waals surface area contributed by atoms with Gasteiger partial charge in [-0.1, -0.05) is 34.1 Å². The Hall–Kier alpha value is -3.02. The fourth-order valence-corrected chi connectivity index (χ4v) is 4.59. The van der Waals surface area contributed by atoms with Crippen LogP contribution in [0.2, 0.25) is 0 Å². The largest absolute Gasteiger partial charge is 0.496 e. The Kier molecular flexibility index (Phi) is 9.17. The second-order valence-corrected chi connectivity index (χ2v) is 9.49. The number of rotatable bonds is 6. The molecule has 3 aromatic rings. The van der Waals surface area contributed by atoms with Gasteiger partial charge in [-0.3, -0.25) is 9.59 Å². The summed E-state index contributed by atoms with van der Waals surface area (Å²) in [5, 5.41) is 6.99. The van der Waals surface area contributed by atoms with E-state index in [1.54, 1.807) is 20.0 Å². The zero-order chi connectivity index (χ0) is 26.9. The van der Waals surface area contributed by atoms with E-state index in [0.717, 1.165) is 21.3 Å². The molecular formula is C26H26BrClF3N3O4. The molecule has 1 aliphatic rings. The van der Waals surface area contributed by atoms with Crippen molar-refractivity contribution in [3.8, 4) is 11.5 Å². The number of nitrogens with zero attached hydrogens (tertiary/aromatic N) is 1. The molecule has 0 radical (unpaired) electrons. The number of halogens is 5. The fraction of sp³-hybridized carbons (Fsp3) is 0.308. The van der Waals surface area contributed by atoms with Gasteiger partial charge in [0.25, 0.3) is 5.91 Å². The van der Waals surface area contributed by atoms with Gasteiger partial charge in [0.05, 0.1) is 30.9 Å². The maximum absolute atomic E-state index is 13.9. The van der Waals surface area contributed by atoms with Gasteiger partial charge in [0, 0.05) is 10.0 Å². The van der Waals surface area contributed by atoms with E-state index in [1.807, 2.05) is 24.3 Å². The number of methoxy groups -OCH3 is 1. The Bertz CT molecular complexity index is 1360. The van der Waals surface area contributed by atoms with Crippen LogP contribution in [0.4, 0.5) is 18.9 Å². The molecule has 1 aliphatic heterocycles. The number of benzene rings is 3. The molecule has 0 spiro atoms. The van der Waals surface area contributed by atoms with Gasteiger partial charge in [-0.05, 0) is 55.1 Å². The van der Waals surface area contributed by atoms with Crippen LogP contribution >= 0.6 is 28.3 Å². The average molecular weight is 617 g/mol. The summed E-state index contributed by atoms with van der Waals surface area (Å²) in [5.74, 6) is -1.10. The van der Waals surface area contributed by atoms with Crippen LogP contribution in [-0.2, 0) is 22.3 Å². The quantitative estimate of drug-likeness (QED) is 0.405. The Morgan fingerprint density at radius 3 is 2.63 bits per heavy atom. The highest BCUT2D eigenvalue weighted by Crippen LogP contribution is 2.44. The minimum absolute atomic E-state index is 0. The van der Waals surface area contributed by atoms with E-state index >= 15 is 0 Å². The summed E-state index contributed by atoms with van der Waals surface area (Å²) in [7, 11) is 3.06. The predicted octanol–water partition coefficient (Wildman–Crippen LogP) is 5.07. The number of hydrogen-bond donors (Lipinski definition) is 2. The van der Waals surface area contributed by atoms with Gasteiger partial charge in [0.15, 0.2) is 5.75 Å². The standard InChI is InChI=1S/C26H25BrF3N3O4.ClH/c1-14(31-2)24(34)32-20-13-37-23-19(26(28,29)30)5-4-6-21(23)33(25(20)35)12-18-17-9-8-16(27)11-15(17)7-10-22(18)36-3;/h4-11,14,20,31H,12-13H2,1-3H3,(H,32,34);1H/t14-,20-;/m0./s1. The van der Waals surface area contributed by atoms with Crippen molar-refractivity contribution >= 4 is 56.6 Å². The lowest BCUT2D eigenvalue weighted by atomic mass is 10.0. The number of carbonyl (C=O) groups is 2. The van der Waals surface area contributed by atoms with Crippen LogP contribution in [0.25, 0.3) is 10.8 Å². The number of hydrogen-bond acceptors (Lipinski definition) is 5. The maximum Gasteiger partial charge on any atom is 0.420 e. The predicted molar refractivity (Wildman–Crippen MR) is 144 cm³/mol. The van der Waals surface area contributed by atoms with Gasteiger partial charge in [-0.15, -0.1) is 12.4 Å². The average Bonchev–Trinajstić information content (AvgIpc) is 2.99. The molecule has 3 aromatic carbocycles. The minimum Gasteiger partial charge on any atom is -0.496 e. The molecule has 2 N–H and O–H groups in total. The molecule has 2 amide bonds. The second kappa shape index (κ2) is 11.8. The zero-order valence-corrected chi connectivity index (χ0v) is 23.1. The van der Waals surface area contributed by atoms with Crippen LogP contribution in [0.5, 0.6) is 11.5 Å². The lowest BCUT2D eigenvalue weighted by Crippen LogP contribution is -2.53. The van der Waals surface area contributed by atoms with Gasteiger partial charge in [0.1, 0.15) is 18.4 Å². The molecule has 1 heterocycles. The van der Waals surface area contributed by atoms with E-state index in [1.165, 1.54) is 24.1 Å². The number of anilines is 1. The molecule has 0 unspecified atom stereocenters. The number of alkyl halides is 3. The number of para-hydroxylation sites is 1. The summed E-state index contributed by atoms with van der Waals surface area (Å²) in [5.41, 5.74) is -0.457. The van der Waals surface area contributed by atoms with Crippen LogP contribution in [-0.4, -0.2) is 44.7 Å². The van der Waals surface area contributed by atoms with Crippen molar-refractivity contribution < 1.29 is 32.2 Å². The molecule has 2 atom stereocenters. The number of ether oxygens (including phenoxy) is 2. The molecule has 12 heteroatoms. The van der Waals surface area contributed by atoms with E-state index in [4.69, 9.17) is 9.47 Å². The van der Waals surface area contributed by atoms with E-state index < -0.39 is 48.0 Å². The van der Waals surface area contributed by atoms with E-state index in [9.17, 15) is 22.8 Å². The van der Waals surface area contributed by atoms with E-state index in [2.05, 4.69) is 26.6 Å². The van der Waals surface area contributed by atoms with Crippen molar-refractivity contribution in [2.75, 3.05) is 25.7 Å². The normalized spacial score (nSPS) is 16.1. The molecule has 0 fully saturated rings. The summed E-state index contributed by atoms with van der Waals surface area (Å²) in [6, 6.07) is 10.8. The van der Waals surface area contributed by atoms with Crippen molar-refractivity contribution in [3.05, 3.63) is 64.1 Å². The molecule has 204 valence electrons. The third kappa shape index (κ3) is 5.84. The maximum atomic E-state index is 13.9. The molecule has 4 rings (SSSR count). The number of likely N-dealkylation sites (N-methyl/N-ethyl adjacent to an activating group) is 1. The van der Waals surface area contributed by atoms with Crippen LogP contribution in [0.15, 0.2) is 53.0 Å². The van der Waals surface area contributed by atoms with Gasteiger partial charge < -0.3 is 25.0 Å². The van der Waals surface area contributed by atoms with Gasteiger partial charge >= 0.3 is 6.18 Å². The lowest BCUT2D eigenvalue weighted by molar-refractivity contribution is -0.139. The van der Waals surface area contributed by atoms with E-state index in [-0.39, 0.29) is 24.6 Å². The monoisotopic (exact) mass is 615 g/mol. The fourth-order valence-electron chi connectivity index (χ4n) is 4.21. The SMILES string of the molecule is CN[C@@H](C)C(=O)N[C@H]1COc2c(cccc2C(F)(F)F)N(Cc2c(OC)ccc3cc(Br)ccc23)C1=O.Cl. The summed E-state index contributed by atoms with van der Waals surface area (Å²) < 4.78 is 53.7. The summed E-state index contributed by atoms with van der Waals surface area (Å²) in [6.45, 7) is 1.02. The van der Waals surface area contributed by atoms with E-state index in [0.29, 0.717) is 11.3 Å². The first-order chi connectivity index (χ1) is 17.5. The second-order valence-electron chi connectivity index (χ2n) is 8.57. The zero-order valence-electron chi connectivity index (χ0n) is 20.7. The number of fused-ring (bicyclic) bond motifs is 2. The highest BCUT2D eigenvalue weighted by Gasteiger charge is 2.40. The first-order valence-electron chi connectivity index (χ1n) is 11.4. The van der Waals surface area contributed by atoms with Crippen molar-refractivity contribution in [1.82, 2.24) is 10.6 Å². The third-order valence-corrected chi connectivity index (χ3v) is 6.77. The Balaban J connectivity index is 0.00000400. The van der Waals surface area contributed by atoms with Crippen LogP contribution in [0, 0.1) is 0 Å². The smallest absolute Gasteiger partial charge is 0.420 e. The molecule has 7 nitrogen and oxygen atoms in total. The highest BCUT2D eigenvalue weighted by molar-refractivity contribution is 9.10. The van der Waals surface area contributed by atoms with Crippen molar-refractivity contribution in [1.29, 1.82) is 0 Å². The Morgan fingerprint density at radius 2 is 1.97 bits per heavy atom. The third-order valence-electron chi connectivity index (χ3n) is 6.28. The molecule has 38 heavy (non-hydrogen) atoms. The molecule has 0 aromatic heterocycles. The van der Waals surface area contributed by atoms with Crippen molar-refractivity contribution in [2.24, 2.45) is 0 Å². The van der Waals surface area contributed by atoms with Gasteiger partial charge in [0.2, 0.25) is 5.91 Å². The molecule has 0 bridgehead atoms. The van der Waals surface area contributed by atoms with Crippen molar-refractivity contribution in [3.63, 3.8) is 0 Å². The summed E-state index contributed by atoms with van der Waals surface area (Å²) >= 11 is 3.44. The number of carbonyl (C=O) groups excluding carboxylic acids is 2. The van der Waals surface area contributed by atoms with Crippen LogP contribution in [0.3, 0.4) is 0 Å². The summed E-state index contributed by atoms with van der Waals surface area (Å²) in [6.07, 6.45) is -4.72. The Labute approximate surface area is 232 Å². The topological polar surface area (TPSA) is 79.9 Å². The molecular weight excluding hydrogens is 591 g/mol. The lowest BCUT2D eigenvalue weighted by Gasteiger charge is -2.27. The molecule has 0 saturated carbocycles. The Morgan fingerprint density at radius 1 is 1.24 bits per heavy atom. The minimum atomic E-state index is -4.72. The van der Waals surface area contributed by atoms with Crippen molar-refractivity contribution in [2.45, 2.75) is 31.7 Å². The molecule has 0 saturated heterocycles. The van der Waals surface area contributed by atoms with Gasteiger partial charge in [-0.2, -0.15) is 13.2 Å². The first-order valence-corrected chi connectivity index (χ1v) is 12.2. The van der Waals surface area contributed by atoms with Gasteiger partial charge in [-0.25, -0.2) is 0 Å². The summed E-state index contributed by atoms with van der Waals surface area (Å²) in [4.78, 5) is 27.6. The number of nitrogens with one attached hydrogen (secondary N) is 2. The first kappa shape index (κ1) is 29.5. The highest BCUT2D eigenvalue weighted by atomic mass is 79.9.